The first-order chi connectivity index (χ1) is 8.22. The minimum atomic E-state index is -0.782. The van der Waals surface area contributed by atoms with E-state index in [1.54, 1.807) is 23.4 Å². The van der Waals surface area contributed by atoms with Gasteiger partial charge in [0.1, 0.15) is 6.04 Å². The second-order valence-corrected chi connectivity index (χ2v) is 4.39. The Balaban J connectivity index is 2.19. The molecule has 2 unspecified atom stereocenters. The summed E-state index contributed by atoms with van der Waals surface area (Å²) in [5.41, 5.74) is 0. The van der Waals surface area contributed by atoms with Crippen LogP contribution in [0.2, 0.25) is 0 Å². The SMILES string of the molecule is CCC1CCN(c2ncccn2)C(C(=O)O)C1. The number of aromatic nitrogens is 2. The number of anilines is 1. The van der Waals surface area contributed by atoms with E-state index in [9.17, 15) is 9.90 Å². The van der Waals surface area contributed by atoms with Crippen LogP contribution < -0.4 is 4.90 Å². The maximum absolute atomic E-state index is 11.3. The monoisotopic (exact) mass is 235 g/mol. The van der Waals surface area contributed by atoms with E-state index in [0.29, 0.717) is 18.3 Å². The summed E-state index contributed by atoms with van der Waals surface area (Å²) >= 11 is 0. The molecule has 92 valence electrons. The van der Waals surface area contributed by atoms with Crippen molar-refractivity contribution >= 4 is 11.9 Å². The Bertz CT molecular complexity index is 383. The summed E-state index contributed by atoms with van der Waals surface area (Å²) in [6.07, 6.45) is 6.02. The third-order valence-electron chi connectivity index (χ3n) is 3.38. The second-order valence-electron chi connectivity index (χ2n) is 4.39. The van der Waals surface area contributed by atoms with Crippen LogP contribution in [-0.4, -0.2) is 33.6 Å². The molecule has 0 saturated carbocycles. The molecule has 17 heavy (non-hydrogen) atoms. The number of piperidine rings is 1. The predicted molar refractivity (Wildman–Crippen MR) is 63.8 cm³/mol. The van der Waals surface area contributed by atoms with Crippen molar-refractivity contribution in [3.05, 3.63) is 18.5 Å². The van der Waals surface area contributed by atoms with Crippen molar-refractivity contribution in [1.29, 1.82) is 0 Å². The Hall–Kier alpha value is -1.65. The molecular weight excluding hydrogens is 218 g/mol. The first-order valence-corrected chi connectivity index (χ1v) is 5.98. The third-order valence-corrected chi connectivity index (χ3v) is 3.38. The number of carbonyl (C=O) groups is 1. The number of hydrogen-bond acceptors (Lipinski definition) is 4. The summed E-state index contributed by atoms with van der Waals surface area (Å²) < 4.78 is 0. The molecule has 2 heterocycles. The highest BCUT2D eigenvalue weighted by Crippen LogP contribution is 2.27. The Morgan fingerprint density at radius 1 is 1.53 bits per heavy atom. The molecule has 2 atom stereocenters. The third kappa shape index (κ3) is 2.54. The average Bonchev–Trinajstić information content (AvgIpc) is 2.39. The lowest BCUT2D eigenvalue weighted by Gasteiger charge is -2.36. The van der Waals surface area contributed by atoms with Gasteiger partial charge in [-0.2, -0.15) is 0 Å². The normalized spacial score (nSPS) is 24.6. The van der Waals surface area contributed by atoms with Gasteiger partial charge in [-0.25, -0.2) is 14.8 Å². The van der Waals surface area contributed by atoms with Crippen molar-refractivity contribution in [3.63, 3.8) is 0 Å². The molecule has 1 N–H and O–H groups in total. The van der Waals surface area contributed by atoms with Crippen LogP contribution in [0.3, 0.4) is 0 Å². The Morgan fingerprint density at radius 2 is 2.24 bits per heavy atom. The summed E-state index contributed by atoms with van der Waals surface area (Å²) in [6, 6.07) is 1.24. The minimum Gasteiger partial charge on any atom is -0.480 e. The molecule has 2 rings (SSSR count). The summed E-state index contributed by atoms with van der Waals surface area (Å²) in [5.74, 6) is 0.237. The molecule has 1 aromatic heterocycles. The van der Waals surface area contributed by atoms with E-state index >= 15 is 0 Å². The van der Waals surface area contributed by atoms with Gasteiger partial charge >= 0.3 is 5.97 Å². The Labute approximate surface area is 100 Å². The van der Waals surface area contributed by atoms with Gasteiger partial charge < -0.3 is 10.0 Å². The van der Waals surface area contributed by atoms with Crippen molar-refractivity contribution in [2.45, 2.75) is 32.2 Å². The maximum atomic E-state index is 11.3. The summed E-state index contributed by atoms with van der Waals surface area (Å²) in [5, 5.41) is 9.29. The zero-order valence-corrected chi connectivity index (χ0v) is 9.91. The fraction of sp³-hybridized carbons (Fsp3) is 0.583. The zero-order valence-electron chi connectivity index (χ0n) is 9.91. The molecule has 0 amide bonds. The minimum absolute atomic E-state index is 0.490. The molecule has 1 aromatic rings. The smallest absolute Gasteiger partial charge is 0.326 e. The van der Waals surface area contributed by atoms with Gasteiger partial charge in [0.15, 0.2) is 0 Å². The molecule has 0 aromatic carbocycles. The Morgan fingerprint density at radius 3 is 2.82 bits per heavy atom. The largest absolute Gasteiger partial charge is 0.480 e. The van der Waals surface area contributed by atoms with Gasteiger partial charge in [0.25, 0.3) is 0 Å². The fourth-order valence-electron chi connectivity index (χ4n) is 2.32. The number of rotatable bonds is 3. The lowest BCUT2D eigenvalue weighted by molar-refractivity contribution is -0.139. The van der Waals surface area contributed by atoms with Crippen molar-refractivity contribution in [3.8, 4) is 0 Å². The standard InChI is InChI=1S/C12H17N3O2/c1-2-9-4-7-15(10(8-9)11(16)17)12-13-5-3-6-14-12/h3,5-6,9-10H,2,4,7-8H2,1H3,(H,16,17). The molecule has 5 nitrogen and oxygen atoms in total. The van der Waals surface area contributed by atoms with Crippen LogP contribution in [0.1, 0.15) is 26.2 Å². The van der Waals surface area contributed by atoms with Gasteiger partial charge in [0.2, 0.25) is 5.95 Å². The van der Waals surface area contributed by atoms with Crippen LogP contribution in [0.25, 0.3) is 0 Å². The van der Waals surface area contributed by atoms with E-state index in [0.717, 1.165) is 19.4 Å². The predicted octanol–water partition coefficient (Wildman–Crippen LogP) is 1.56. The van der Waals surface area contributed by atoms with E-state index < -0.39 is 12.0 Å². The van der Waals surface area contributed by atoms with Crippen molar-refractivity contribution in [1.82, 2.24) is 9.97 Å². The van der Waals surface area contributed by atoms with Crippen LogP contribution in [0.15, 0.2) is 18.5 Å². The maximum Gasteiger partial charge on any atom is 0.326 e. The lowest BCUT2D eigenvalue weighted by atomic mass is 9.89. The van der Waals surface area contributed by atoms with E-state index in [2.05, 4.69) is 16.9 Å². The van der Waals surface area contributed by atoms with Crippen LogP contribution >= 0.6 is 0 Å². The van der Waals surface area contributed by atoms with Crippen LogP contribution in [0, 0.1) is 5.92 Å². The molecule has 0 bridgehead atoms. The summed E-state index contributed by atoms with van der Waals surface area (Å²) in [4.78, 5) is 21.4. The first kappa shape index (κ1) is 11.8. The van der Waals surface area contributed by atoms with Crippen LogP contribution in [0.4, 0.5) is 5.95 Å². The molecule has 0 radical (unpaired) electrons. The van der Waals surface area contributed by atoms with Gasteiger partial charge in [-0.15, -0.1) is 0 Å². The van der Waals surface area contributed by atoms with E-state index in [-0.39, 0.29) is 0 Å². The van der Waals surface area contributed by atoms with Gasteiger partial charge in [-0.3, -0.25) is 0 Å². The number of hydrogen-bond donors (Lipinski definition) is 1. The van der Waals surface area contributed by atoms with E-state index in [1.165, 1.54) is 0 Å². The first-order valence-electron chi connectivity index (χ1n) is 5.98. The summed E-state index contributed by atoms with van der Waals surface area (Å²) in [6.45, 7) is 2.83. The molecule has 0 spiro atoms. The van der Waals surface area contributed by atoms with Gasteiger partial charge in [-0.1, -0.05) is 13.3 Å². The van der Waals surface area contributed by atoms with E-state index in [1.807, 2.05) is 0 Å². The lowest BCUT2D eigenvalue weighted by Crippen LogP contribution is -2.48. The highest BCUT2D eigenvalue weighted by atomic mass is 16.4. The highest BCUT2D eigenvalue weighted by Gasteiger charge is 2.33. The van der Waals surface area contributed by atoms with Gasteiger partial charge in [0.05, 0.1) is 0 Å². The molecule has 1 aliphatic heterocycles. The number of nitrogens with zero attached hydrogens (tertiary/aromatic N) is 3. The molecule has 1 fully saturated rings. The number of aliphatic carboxylic acids is 1. The molecule has 5 heteroatoms. The quantitative estimate of drug-likeness (QED) is 0.861. The highest BCUT2D eigenvalue weighted by molar-refractivity contribution is 5.77. The number of carboxylic acids is 1. The second kappa shape index (κ2) is 5.12. The zero-order chi connectivity index (χ0) is 12.3. The molecule has 0 aliphatic carbocycles. The van der Waals surface area contributed by atoms with Crippen molar-refractivity contribution in [2.24, 2.45) is 5.92 Å². The molecular formula is C12H17N3O2. The topological polar surface area (TPSA) is 66.3 Å². The fourth-order valence-corrected chi connectivity index (χ4v) is 2.32. The van der Waals surface area contributed by atoms with E-state index in [4.69, 9.17) is 0 Å². The summed E-state index contributed by atoms with van der Waals surface area (Å²) in [7, 11) is 0. The number of carboxylic acid groups (broad SMARTS) is 1. The van der Waals surface area contributed by atoms with Crippen LogP contribution in [-0.2, 0) is 4.79 Å². The average molecular weight is 235 g/mol. The van der Waals surface area contributed by atoms with Crippen molar-refractivity contribution in [2.75, 3.05) is 11.4 Å². The van der Waals surface area contributed by atoms with Gasteiger partial charge in [0, 0.05) is 18.9 Å². The molecule has 1 aliphatic rings. The van der Waals surface area contributed by atoms with Crippen LogP contribution in [0.5, 0.6) is 0 Å². The molecule has 1 saturated heterocycles. The Kier molecular flexibility index (Phi) is 3.56. The van der Waals surface area contributed by atoms with Crippen molar-refractivity contribution < 1.29 is 9.90 Å². The van der Waals surface area contributed by atoms with Gasteiger partial charge in [-0.05, 0) is 24.8 Å².